The molecule has 0 fully saturated rings. The first-order chi connectivity index (χ1) is 14.9. The van der Waals surface area contributed by atoms with E-state index < -0.39 is 11.9 Å². The SMILES string of the molecule is COc1ccc(C(=Cc2c(Cl)cncc2Cl)OC(=O)[C@@H](C)c2ccccc2)cc1OC. The van der Waals surface area contributed by atoms with Gasteiger partial charge in [0.15, 0.2) is 11.5 Å². The van der Waals surface area contributed by atoms with Crippen LogP contribution in [-0.2, 0) is 9.53 Å². The van der Waals surface area contributed by atoms with Crippen molar-refractivity contribution in [2.45, 2.75) is 12.8 Å². The molecule has 0 amide bonds. The maximum Gasteiger partial charge on any atom is 0.318 e. The predicted octanol–water partition coefficient (Wildman–Crippen LogP) is 6.25. The molecule has 0 aliphatic carbocycles. The second-order valence-electron chi connectivity index (χ2n) is 6.65. The number of methoxy groups -OCH3 is 2. The van der Waals surface area contributed by atoms with Crippen molar-refractivity contribution in [2.75, 3.05) is 14.2 Å². The number of ether oxygens (including phenoxy) is 3. The molecule has 1 atom stereocenters. The second-order valence-corrected chi connectivity index (χ2v) is 7.46. The molecule has 0 bridgehead atoms. The monoisotopic (exact) mass is 457 g/mol. The quantitative estimate of drug-likeness (QED) is 0.309. The summed E-state index contributed by atoms with van der Waals surface area (Å²) >= 11 is 12.6. The minimum atomic E-state index is -0.479. The van der Waals surface area contributed by atoms with Gasteiger partial charge in [-0.25, -0.2) is 0 Å². The van der Waals surface area contributed by atoms with Crippen LogP contribution in [0.15, 0.2) is 60.9 Å². The van der Waals surface area contributed by atoms with Crippen LogP contribution in [0.1, 0.15) is 29.5 Å². The molecule has 0 unspecified atom stereocenters. The fourth-order valence-corrected chi connectivity index (χ4v) is 3.40. The van der Waals surface area contributed by atoms with Crippen molar-refractivity contribution in [1.29, 1.82) is 0 Å². The Morgan fingerprint density at radius 3 is 2.23 bits per heavy atom. The fraction of sp³-hybridized carbons (Fsp3) is 0.167. The highest BCUT2D eigenvalue weighted by atomic mass is 35.5. The molecule has 7 heteroatoms. The molecule has 1 aromatic heterocycles. The summed E-state index contributed by atoms with van der Waals surface area (Å²) < 4.78 is 16.5. The van der Waals surface area contributed by atoms with Gasteiger partial charge < -0.3 is 14.2 Å². The van der Waals surface area contributed by atoms with Crippen molar-refractivity contribution in [3.05, 3.63) is 87.7 Å². The van der Waals surface area contributed by atoms with Gasteiger partial charge in [-0.05, 0) is 36.8 Å². The maximum absolute atomic E-state index is 13.0. The van der Waals surface area contributed by atoms with Gasteiger partial charge in [-0.1, -0.05) is 53.5 Å². The van der Waals surface area contributed by atoms with E-state index in [0.717, 1.165) is 5.56 Å². The summed E-state index contributed by atoms with van der Waals surface area (Å²) in [5.74, 6) is 0.407. The molecule has 2 aromatic carbocycles. The summed E-state index contributed by atoms with van der Waals surface area (Å²) in [6, 6.07) is 14.6. The van der Waals surface area contributed by atoms with Crippen LogP contribution >= 0.6 is 23.2 Å². The van der Waals surface area contributed by atoms with Crippen molar-refractivity contribution in [3.63, 3.8) is 0 Å². The summed E-state index contributed by atoms with van der Waals surface area (Å²) in [7, 11) is 3.08. The lowest BCUT2D eigenvalue weighted by Gasteiger charge is -2.16. The first-order valence-corrected chi connectivity index (χ1v) is 10.2. The summed E-state index contributed by atoms with van der Waals surface area (Å²) in [6.45, 7) is 1.79. The van der Waals surface area contributed by atoms with Crippen LogP contribution in [0.25, 0.3) is 11.8 Å². The number of hydrogen-bond acceptors (Lipinski definition) is 5. The molecule has 0 N–H and O–H groups in total. The minimum absolute atomic E-state index is 0.267. The Labute approximate surface area is 191 Å². The predicted molar refractivity (Wildman–Crippen MR) is 123 cm³/mol. The van der Waals surface area contributed by atoms with Crippen molar-refractivity contribution in [2.24, 2.45) is 0 Å². The van der Waals surface area contributed by atoms with Crippen LogP contribution in [0.5, 0.6) is 11.5 Å². The maximum atomic E-state index is 13.0. The van der Waals surface area contributed by atoms with E-state index in [4.69, 9.17) is 37.4 Å². The zero-order chi connectivity index (χ0) is 22.4. The van der Waals surface area contributed by atoms with Crippen LogP contribution < -0.4 is 9.47 Å². The Hall–Kier alpha value is -3.02. The first-order valence-electron chi connectivity index (χ1n) is 9.44. The van der Waals surface area contributed by atoms with Gasteiger partial charge in [0, 0.05) is 23.5 Å². The molecular weight excluding hydrogens is 437 g/mol. The highest BCUT2D eigenvalue weighted by Crippen LogP contribution is 2.34. The molecule has 0 saturated heterocycles. The summed E-state index contributed by atoms with van der Waals surface area (Å²) in [4.78, 5) is 16.9. The fourth-order valence-electron chi connectivity index (χ4n) is 2.93. The molecule has 1 heterocycles. The number of benzene rings is 2. The van der Waals surface area contributed by atoms with Crippen LogP contribution in [-0.4, -0.2) is 25.2 Å². The highest BCUT2D eigenvalue weighted by molar-refractivity contribution is 6.37. The Kier molecular flexibility index (Phi) is 7.55. The van der Waals surface area contributed by atoms with Crippen LogP contribution in [0, 0.1) is 0 Å². The van der Waals surface area contributed by atoms with Gasteiger partial charge in [-0.3, -0.25) is 9.78 Å². The van der Waals surface area contributed by atoms with Crippen molar-refractivity contribution in [3.8, 4) is 11.5 Å². The van der Waals surface area contributed by atoms with Gasteiger partial charge in [0.25, 0.3) is 0 Å². The first kappa shape index (κ1) is 22.7. The Morgan fingerprint density at radius 2 is 1.61 bits per heavy atom. The number of carbonyl (C=O) groups excluding carboxylic acids is 1. The third-order valence-corrected chi connectivity index (χ3v) is 5.30. The number of pyridine rings is 1. The number of rotatable bonds is 7. The number of halogens is 2. The van der Waals surface area contributed by atoms with E-state index in [2.05, 4.69) is 4.98 Å². The molecular formula is C24H21Cl2NO4. The van der Waals surface area contributed by atoms with Gasteiger partial charge in [-0.2, -0.15) is 0 Å². The van der Waals surface area contributed by atoms with Crippen LogP contribution in [0.3, 0.4) is 0 Å². The number of hydrogen-bond donors (Lipinski definition) is 0. The van der Waals surface area contributed by atoms with Crippen molar-refractivity contribution >= 4 is 41.0 Å². The van der Waals surface area contributed by atoms with Gasteiger partial charge in [0.1, 0.15) is 5.76 Å². The smallest absolute Gasteiger partial charge is 0.318 e. The third kappa shape index (κ3) is 5.37. The molecule has 160 valence electrons. The van der Waals surface area contributed by atoms with Crippen molar-refractivity contribution in [1.82, 2.24) is 4.98 Å². The number of carbonyl (C=O) groups is 1. The van der Waals surface area contributed by atoms with E-state index in [1.165, 1.54) is 19.5 Å². The molecule has 5 nitrogen and oxygen atoms in total. The van der Waals surface area contributed by atoms with Gasteiger partial charge in [0.2, 0.25) is 0 Å². The Bertz CT molecular complexity index is 1080. The zero-order valence-corrected chi connectivity index (χ0v) is 18.8. The van der Waals surface area contributed by atoms with E-state index in [0.29, 0.717) is 32.7 Å². The number of nitrogens with zero attached hydrogens (tertiary/aromatic N) is 1. The molecule has 0 saturated carbocycles. The average molecular weight is 458 g/mol. The topological polar surface area (TPSA) is 57.7 Å². The molecule has 3 aromatic rings. The van der Waals surface area contributed by atoms with Gasteiger partial charge >= 0.3 is 5.97 Å². The lowest BCUT2D eigenvalue weighted by Crippen LogP contribution is -2.13. The molecule has 0 radical (unpaired) electrons. The Balaban J connectivity index is 2.05. The third-order valence-electron chi connectivity index (χ3n) is 4.70. The molecule has 0 aliphatic heterocycles. The standard InChI is InChI=1S/C24H21Cl2NO4/c1-15(16-7-5-4-6-8-16)24(28)31-22(12-18-19(25)13-27-14-20(18)26)17-9-10-21(29-2)23(11-17)30-3/h4-15H,1-3H3/t15-/m0/s1. The second kappa shape index (κ2) is 10.3. The minimum Gasteiger partial charge on any atom is -0.493 e. The van der Waals surface area contributed by atoms with Gasteiger partial charge in [0.05, 0.1) is 30.2 Å². The lowest BCUT2D eigenvalue weighted by molar-refractivity contribution is -0.137. The highest BCUT2D eigenvalue weighted by Gasteiger charge is 2.21. The van der Waals surface area contributed by atoms with Crippen LogP contribution in [0.2, 0.25) is 10.0 Å². The van der Waals surface area contributed by atoms with Crippen LogP contribution in [0.4, 0.5) is 0 Å². The van der Waals surface area contributed by atoms with E-state index in [1.807, 2.05) is 30.3 Å². The van der Waals surface area contributed by atoms with E-state index in [1.54, 1.807) is 38.3 Å². The number of esters is 1. The lowest BCUT2D eigenvalue weighted by atomic mass is 10.0. The molecule has 3 rings (SSSR count). The normalized spacial score (nSPS) is 12.2. The van der Waals surface area contributed by atoms with E-state index >= 15 is 0 Å². The van der Waals surface area contributed by atoms with Crippen molar-refractivity contribution < 1.29 is 19.0 Å². The van der Waals surface area contributed by atoms with E-state index in [-0.39, 0.29) is 5.76 Å². The molecule has 0 aliphatic rings. The molecule has 0 spiro atoms. The molecule has 31 heavy (non-hydrogen) atoms. The zero-order valence-electron chi connectivity index (χ0n) is 17.3. The summed E-state index contributed by atoms with van der Waals surface area (Å²) in [5.41, 5.74) is 1.93. The average Bonchev–Trinajstić information content (AvgIpc) is 2.80. The number of aromatic nitrogens is 1. The van der Waals surface area contributed by atoms with E-state index in [9.17, 15) is 4.79 Å². The summed E-state index contributed by atoms with van der Waals surface area (Å²) in [6.07, 6.45) is 4.56. The van der Waals surface area contributed by atoms with Gasteiger partial charge in [-0.15, -0.1) is 0 Å². The Morgan fingerprint density at radius 1 is 0.968 bits per heavy atom. The summed E-state index contributed by atoms with van der Waals surface area (Å²) in [5, 5.41) is 0.662. The largest absolute Gasteiger partial charge is 0.493 e.